The topological polar surface area (TPSA) is 49.8 Å². The van der Waals surface area contributed by atoms with Crippen LogP contribution in [-0.2, 0) is 0 Å². The number of hydrogen-bond donors (Lipinski definition) is 1. The predicted octanol–water partition coefficient (Wildman–Crippen LogP) is 2.27. The molecule has 0 amide bonds. The lowest BCUT2D eigenvalue weighted by atomic mass is 10.1. The van der Waals surface area contributed by atoms with Crippen LogP contribution in [0.2, 0.25) is 0 Å². The number of rotatable bonds is 2. The molecule has 0 radical (unpaired) electrons. The van der Waals surface area contributed by atoms with E-state index in [-0.39, 0.29) is 0 Å². The Balaban J connectivity index is 4.85. The molecule has 0 fully saturated rings. The van der Waals surface area contributed by atoms with Crippen LogP contribution in [0.5, 0.6) is 0 Å². The molecule has 0 unspecified atom stereocenters. The highest BCUT2D eigenvalue weighted by Crippen LogP contribution is 2.12. The van der Waals surface area contributed by atoms with Crippen molar-refractivity contribution in [3.63, 3.8) is 0 Å². The molecule has 0 aromatic heterocycles. The molecule has 2 heteroatoms. The number of allylic oxidation sites excluding steroid dienone is 5. The smallest absolute Gasteiger partial charge is 0.102 e. The van der Waals surface area contributed by atoms with E-state index in [4.69, 9.17) is 11.0 Å². The van der Waals surface area contributed by atoms with E-state index in [1.165, 1.54) is 0 Å². The molecule has 0 saturated heterocycles. The second-order valence-corrected chi connectivity index (χ2v) is 2.92. The Hall–Kier alpha value is -1.49. The molecule has 0 atom stereocenters. The fourth-order valence-electron chi connectivity index (χ4n) is 0.834. The van der Waals surface area contributed by atoms with Crippen molar-refractivity contribution >= 4 is 0 Å². The zero-order chi connectivity index (χ0) is 9.72. The lowest BCUT2D eigenvalue weighted by Gasteiger charge is -2.00. The monoisotopic (exact) mass is 162 g/mol. The third kappa shape index (κ3) is 3.07. The van der Waals surface area contributed by atoms with Gasteiger partial charge in [0.1, 0.15) is 6.07 Å². The molecule has 0 spiro atoms. The molecular formula is C10H14N2. The van der Waals surface area contributed by atoms with Crippen LogP contribution in [0.25, 0.3) is 0 Å². The Kier molecular flexibility index (Phi) is 3.85. The van der Waals surface area contributed by atoms with Gasteiger partial charge < -0.3 is 5.73 Å². The molecule has 64 valence electrons. The van der Waals surface area contributed by atoms with Crippen molar-refractivity contribution in [1.29, 1.82) is 5.26 Å². The highest BCUT2D eigenvalue weighted by Gasteiger charge is 2.00. The summed E-state index contributed by atoms with van der Waals surface area (Å²) in [5.74, 6) is 0. The van der Waals surface area contributed by atoms with Crippen LogP contribution in [0.1, 0.15) is 20.8 Å². The first-order valence-electron chi connectivity index (χ1n) is 3.69. The maximum Gasteiger partial charge on any atom is 0.102 e. The second kappa shape index (κ2) is 4.40. The lowest BCUT2D eigenvalue weighted by Crippen LogP contribution is -1.97. The number of hydrogen-bond acceptors (Lipinski definition) is 2. The van der Waals surface area contributed by atoms with Crippen molar-refractivity contribution in [2.45, 2.75) is 20.8 Å². The summed E-state index contributed by atoms with van der Waals surface area (Å²) in [5.41, 5.74) is 8.26. The third-order valence-electron chi connectivity index (χ3n) is 1.29. The number of nitrogens with zero attached hydrogens (tertiary/aromatic N) is 1. The number of nitriles is 1. The van der Waals surface area contributed by atoms with Crippen LogP contribution in [0.15, 0.2) is 35.1 Å². The van der Waals surface area contributed by atoms with Crippen LogP contribution in [-0.4, -0.2) is 0 Å². The summed E-state index contributed by atoms with van der Waals surface area (Å²) in [4.78, 5) is 0. The molecule has 2 N–H and O–H groups in total. The van der Waals surface area contributed by atoms with E-state index in [1.807, 2.05) is 26.0 Å². The summed E-state index contributed by atoms with van der Waals surface area (Å²) < 4.78 is 0. The third-order valence-corrected chi connectivity index (χ3v) is 1.29. The van der Waals surface area contributed by atoms with Gasteiger partial charge in [0.2, 0.25) is 0 Å². The van der Waals surface area contributed by atoms with Gasteiger partial charge in [-0.15, -0.1) is 0 Å². The Morgan fingerprint density at radius 1 is 1.42 bits per heavy atom. The minimum Gasteiger partial charge on any atom is -0.401 e. The molecule has 12 heavy (non-hydrogen) atoms. The summed E-state index contributed by atoms with van der Waals surface area (Å²) in [7, 11) is 0. The largest absolute Gasteiger partial charge is 0.401 e. The van der Waals surface area contributed by atoms with Gasteiger partial charge >= 0.3 is 0 Å². The van der Waals surface area contributed by atoms with Gasteiger partial charge in [0, 0.05) is 5.70 Å². The van der Waals surface area contributed by atoms with Crippen LogP contribution in [0.3, 0.4) is 0 Å². The van der Waals surface area contributed by atoms with Crippen molar-refractivity contribution in [3.8, 4) is 6.07 Å². The highest BCUT2D eigenvalue weighted by molar-refractivity contribution is 5.49. The zero-order valence-electron chi connectivity index (χ0n) is 7.81. The van der Waals surface area contributed by atoms with E-state index in [1.54, 1.807) is 6.92 Å². The summed E-state index contributed by atoms with van der Waals surface area (Å²) in [6.45, 7) is 9.35. The van der Waals surface area contributed by atoms with Crippen molar-refractivity contribution in [3.05, 3.63) is 35.1 Å². The molecule has 0 aromatic rings. The minimum absolute atomic E-state index is 0.469. The molecule has 0 aliphatic heterocycles. The highest BCUT2D eigenvalue weighted by atomic mass is 14.6. The standard InChI is InChI=1S/C10H14N2/c1-7(2)5-8(3)10(6-11)9(4)12/h5H,3,12H2,1-2,4H3/b10-9+. The summed E-state index contributed by atoms with van der Waals surface area (Å²) in [5, 5.41) is 8.70. The maximum absolute atomic E-state index is 8.70. The van der Waals surface area contributed by atoms with Gasteiger partial charge in [0.05, 0.1) is 5.57 Å². The van der Waals surface area contributed by atoms with Crippen LogP contribution in [0, 0.1) is 11.3 Å². The summed E-state index contributed by atoms with van der Waals surface area (Å²) in [6, 6.07) is 2.02. The quantitative estimate of drug-likeness (QED) is 0.500. The van der Waals surface area contributed by atoms with Gasteiger partial charge in [-0.1, -0.05) is 18.2 Å². The molecular weight excluding hydrogens is 148 g/mol. The molecule has 2 nitrogen and oxygen atoms in total. The van der Waals surface area contributed by atoms with Crippen LogP contribution >= 0.6 is 0 Å². The Morgan fingerprint density at radius 3 is 2.17 bits per heavy atom. The molecule has 0 aromatic carbocycles. The van der Waals surface area contributed by atoms with Gasteiger partial charge in [-0.25, -0.2) is 0 Å². The SMILES string of the molecule is C=C(C=C(C)C)/C(C#N)=C(\C)N. The van der Waals surface area contributed by atoms with Gasteiger partial charge in [-0.05, 0) is 26.3 Å². The fraction of sp³-hybridized carbons (Fsp3) is 0.300. The summed E-state index contributed by atoms with van der Waals surface area (Å²) in [6.07, 6.45) is 1.84. The zero-order valence-corrected chi connectivity index (χ0v) is 7.81. The first-order valence-corrected chi connectivity index (χ1v) is 3.69. The molecule has 0 heterocycles. The van der Waals surface area contributed by atoms with E-state index in [9.17, 15) is 0 Å². The average Bonchev–Trinajstić information content (AvgIpc) is 1.85. The van der Waals surface area contributed by atoms with Gasteiger partial charge in [-0.2, -0.15) is 5.26 Å². The van der Waals surface area contributed by atoms with Gasteiger partial charge in [-0.3, -0.25) is 0 Å². The summed E-state index contributed by atoms with van der Waals surface area (Å²) >= 11 is 0. The Morgan fingerprint density at radius 2 is 1.92 bits per heavy atom. The van der Waals surface area contributed by atoms with Crippen molar-refractivity contribution in [1.82, 2.24) is 0 Å². The second-order valence-electron chi connectivity index (χ2n) is 2.92. The Bertz CT molecular complexity index is 279. The maximum atomic E-state index is 8.70. The van der Waals surface area contributed by atoms with E-state index in [2.05, 4.69) is 6.58 Å². The molecule has 0 aliphatic carbocycles. The van der Waals surface area contributed by atoms with E-state index in [0.717, 1.165) is 5.57 Å². The molecule has 0 saturated carbocycles. The first-order chi connectivity index (χ1) is 5.49. The van der Waals surface area contributed by atoms with Crippen LogP contribution in [0.4, 0.5) is 0 Å². The van der Waals surface area contributed by atoms with E-state index in [0.29, 0.717) is 16.8 Å². The van der Waals surface area contributed by atoms with E-state index < -0.39 is 0 Å². The normalized spacial score (nSPS) is 11.2. The van der Waals surface area contributed by atoms with Crippen molar-refractivity contribution in [2.24, 2.45) is 5.73 Å². The van der Waals surface area contributed by atoms with Gasteiger partial charge in [0.15, 0.2) is 0 Å². The predicted molar refractivity (Wildman–Crippen MR) is 51.1 cm³/mol. The molecule has 0 aliphatic rings. The first kappa shape index (κ1) is 10.5. The Labute approximate surface area is 73.7 Å². The lowest BCUT2D eigenvalue weighted by molar-refractivity contribution is 1.25. The van der Waals surface area contributed by atoms with Crippen molar-refractivity contribution in [2.75, 3.05) is 0 Å². The van der Waals surface area contributed by atoms with Crippen molar-refractivity contribution < 1.29 is 0 Å². The average molecular weight is 162 g/mol. The minimum atomic E-state index is 0.469. The fourth-order valence-corrected chi connectivity index (χ4v) is 0.834. The van der Waals surface area contributed by atoms with Crippen LogP contribution < -0.4 is 5.73 Å². The molecule has 0 bridgehead atoms. The number of nitrogens with two attached hydrogens (primary N) is 1. The van der Waals surface area contributed by atoms with E-state index >= 15 is 0 Å². The van der Waals surface area contributed by atoms with Gasteiger partial charge in [0.25, 0.3) is 0 Å². The molecule has 0 rings (SSSR count).